The van der Waals surface area contributed by atoms with Gasteiger partial charge in [0.15, 0.2) is 56.2 Å². The molecule has 0 bridgehead atoms. The molecule has 142 heavy (non-hydrogen) atoms. The summed E-state index contributed by atoms with van der Waals surface area (Å²) in [5, 5.41) is 279. The molecule has 50 atom stereocenters. The molecule has 25 N–H and O–H groups in total. The van der Waals surface area contributed by atoms with E-state index in [1.807, 2.05) is 20.8 Å². The van der Waals surface area contributed by atoms with Crippen LogP contribution in [0.4, 0.5) is 0 Å². The lowest BCUT2D eigenvalue weighted by Crippen LogP contribution is -2.70. The maximum atomic E-state index is 16.8. The number of aliphatic hydroxyl groups is 25. The fraction of sp³-hybridized carbons (Fsp3) is 0.865. The van der Waals surface area contributed by atoms with Gasteiger partial charge in [0.2, 0.25) is 6.29 Å². The van der Waals surface area contributed by atoms with Gasteiger partial charge in [0.1, 0.15) is 164 Å². The smallest absolute Gasteiger partial charge is 0.336 e. The second-order valence-electron chi connectivity index (χ2n) is 43.4. The number of hydrogen-bond donors (Lipinski definition) is 25. The maximum Gasteiger partial charge on any atom is 0.336 e. The highest BCUT2D eigenvalue weighted by Gasteiger charge is 2.74. The zero-order chi connectivity index (χ0) is 105. The van der Waals surface area contributed by atoms with Crippen molar-refractivity contribution in [2.75, 3.05) is 46.2 Å². The van der Waals surface area contributed by atoms with Gasteiger partial charge in [-0.05, 0) is 145 Å². The van der Waals surface area contributed by atoms with E-state index in [0.29, 0.717) is 37.7 Å². The lowest BCUT2D eigenvalue weighted by molar-refractivity contribution is -0.390. The Morgan fingerprint density at radius 3 is 1.53 bits per heavy atom. The molecule has 13 aliphatic rings. The first-order chi connectivity index (χ1) is 66.6. The third kappa shape index (κ3) is 22.0. The summed E-state index contributed by atoms with van der Waals surface area (Å²) in [6.45, 7) is 23.2. The van der Waals surface area contributed by atoms with Crippen LogP contribution in [0, 0.1) is 50.2 Å². The average molecular weight is 2040 g/mol. The number of aliphatic hydroxyl groups excluding tert-OH is 24. The second kappa shape index (κ2) is 45.2. The van der Waals surface area contributed by atoms with E-state index in [-0.39, 0.29) is 61.5 Å². The first-order valence-electron chi connectivity index (χ1n) is 49.0. The van der Waals surface area contributed by atoms with Crippen LogP contribution in [0.15, 0.2) is 60.3 Å². The molecule has 0 aromatic heterocycles. The number of carbonyl (C=O) groups excluding carboxylic acids is 3. The van der Waals surface area contributed by atoms with E-state index in [0.717, 1.165) is 0 Å². The zero-order valence-corrected chi connectivity index (χ0v) is 81.9. The van der Waals surface area contributed by atoms with Crippen molar-refractivity contribution < 1.29 is 227 Å². The van der Waals surface area contributed by atoms with Gasteiger partial charge in [-0.25, -0.2) is 9.59 Å². The van der Waals surface area contributed by atoms with Crippen LogP contribution in [-0.2, 0) is 99.6 Å². The number of allylic oxidation sites excluding steroid dienone is 4. The summed E-state index contributed by atoms with van der Waals surface area (Å²) in [5.74, 6) is -4.83. The summed E-state index contributed by atoms with van der Waals surface area (Å²) in [7, 11) is 0. The molecular weight excluding hydrogens is 1890 g/mol. The fourth-order valence-corrected chi connectivity index (χ4v) is 24.3. The molecule has 46 heteroatoms. The molecule has 0 unspecified atom stereocenters. The minimum absolute atomic E-state index is 0.0536. The van der Waals surface area contributed by atoms with E-state index in [1.165, 1.54) is 52.0 Å². The lowest BCUT2D eigenvalue weighted by atomic mass is 9.33. The van der Waals surface area contributed by atoms with E-state index in [4.69, 9.17) is 85.3 Å². The Balaban J connectivity index is 0.777. The molecule has 8 heterocycles. The summed E-state index contributed by atoms with van der Waals surface area (Å²) in [6.07, 6.45) is -62.4. The van der Waals surface area contributed by atoms with Gasteiger partial charge in [0.25, 0.3) is 0 Å². The van der Waals surface area contributed by atoms with Gasteiger partial charge in [-0.1, -0.05) is 84.4 Å². The van der Waals surface area contributed by atoms with Crippen molar-refractivity contribution in [3.63, 3.8) is 0 Å². The Morgan fingerprint density at radius 2 is 0.930 bits per heavy atom. The first kappa shape index (κ1) is 115. The van der Waals surface area contributed by atoms with Crippen LogP contribution in [0.2, 0.25) is 0 Å². The predicted octanol–water partition coefficient (Wildman–Crippen LogP) is -6.06. The number of carbonyl (C=O) groups is 3. The van der Waals surface area contributed by atoms with Crippen molar-refractivity contribution in [1.82, 2.24) is 0 Å². The molecule has 0 amide bonds. The van der Waals surface area contributed by atoms with Gasteiger partial charge < -0.3 is 213 Å². The van der Waals surface area contributed by atoms with E-state index in [1.54, 1.807) is 20.8 Å². The average Bonchev–Trinajstić information content (AvgIpc) is 0.696. The van der Waals surface area contributed by atoms with Crippen LogP contribution in [0.5, 0.6) is 0 Å². The molecule has 0 radical (unpaired) electrons. The Labute approximate surface area is 821 Å². The van der Waals surface area contributed by atoms with Gasteiger partial charge in [0.05, 0.1) is 99.1 Å². The van der Waals surface area contributed by atoms with Crippen LogP contribution in [-0.4, -0.2) is 455 Å². The summed E-state index contributed by atoms with van der Waals surface area (Å²) in [4.78, 5) is 45.3. The molecular formula is C96H152O46. The number of ether oxygens (including phenoxy) is 18. The van der Waals surface area contributed by atoms with Crippen LogP contribution in [0.1, 0.15) is 160 Å². The third-order valence-electron chi connectivity index (χ3n) is 33.6. The van der Waals surface area contributed by atoms with Crippen LogP contribution < -0.4 is 0 Å². The molecule has 5 aliphatic carbocycles. The SMILES string of the molecule is C=C[C@@](C)(O)CC/C=C(/CO)C(=O)O[C@H]1[C@H](O)[C@@H](O)[C@H](O[C@](C)(C=C)CC/C=C(/CO)C(=O)O[C@H]2C[C@]3(C(=O)O[C@H]4O[C@H](CO)[C@@H](O)[C@H](O)[C@H]4O[C@H]4O[C@@H](C)[C@H](O[C@@H]5O[C@@H](CO)[C@H](O)[C@H]5O)[C@@H](O[C@@H]5O[C@H](CO)[C@@H](O)[C@H](O)[C@H]5O)[C@H]4O)[C@H](O)C[C@]4(C)C(=CC[C@@H]5[C@@]6(C)CC[C@H](O[C@@H]7O[C@H](CO[C@H]8O[C@@H](C)[C@@H](O)[C@@H](O)[C@@H]8O[C@@H]8OC[C@@H](O)[C@H](O)[C@H]8O)[C@@H](O)[C@H](O)[C@H]7O)C(C)(C)[C@@H]6CC[C@]54C)[C@H]3CC2(C)C)O[C@@H]1C. The molecule has 8 aliphatic heterocycles. The van der Waals surface area contributed by atoms with Crippen molar-refractivity contribution >= 4 is 17.9 Å². The first-order valence-corrected chi connectivity index (χ1v) is 49.0. The Hall–Kier alpha value is -4.49. The maximum absolute atomic E-state index is 16.8. The van der Waals surface area contributed by atoms with E-state index in [2.05, 4.69) is 33.1 Å². The molecule has 8 saturated heterocycles. The largest absolute Gasteiger partial charge is 0.458 e. The number of rotatable bonds is 34. The molecule has 0 aromatic rings. The van der Waals surface area contributed by atoms with E-state index < -0.39 is 372 Å². The zero-order valence-electron chi connectivity index (χ0n) is 81.9. The normalized spacial score (nSPS) is 48.5. The molecule has 812 valence electrons. The standard InChI is InChI=1S/C96H152O46/c1-15-91(10,124)25-17-19-43(33-98)79(122)136-73-40(4)129-85(71(119)66(73)114)142-92(11,16-2)26-18-20-42(32-97)78(121)134-55-31-96(88(123)141-87-77(65(113)59(107)48(35-100)132-87)140-84-72(120)75(138-83-70(118)62(110)58(106)47(34-99)130-83)74(41(5)128-84)137-82-68(116)60(108)49(36-101)131-82)45(29-89(55,6)7)44-21-22-52-93(12)27-24-54(90(8,9)51(93)23-28-94(52,13)95(44,14)30-53(96)103)135-81-69(117)63(111)61(109)50(133-81)38-126-86-76(64(112)56(104)39(3)127-86)139-80-67(115)57(105)46(102)37-125-80/h15-16,19-21,39-41,45-77,80-87,97-120,124H,1-2,17-18,22-38H2,3-14H3/b42-20-,43-19-/t39-,40+,41-,45+,46+,47+,48+,49-,50+,51-,52+,53+,54-,55-,56+,57-,58+,59+,60-,61+,62-,63-,64+,65-,66+,67+,68+,69+,70+,71+,72+,73+,74-,75-,76-,77+,80-,81-,82-,83-,84+,85-,86-,87+,91+,92+,93-,94+,95+,96+/m0/s1. The van der Waals surface area contributed by atoms with E-state index in [9.17, 15) is 132 Å². The van der Waals surface area contributed by atoms with Gasteiger partial charge in [-0.15, -0.1) is 13.2 Å². The molecule has 46 nitrogen and oxygen atoms in total. The topological polar surface area (TPSA) is 723 Å². The van der Waals surface area contributed by atoms with Gasteiger partial charge in [0, 0.05) is 11.8 Å². The lowest BCUT2D eigenvalue weighted by Gasteiger charge is -2.72. The molecule has 12 fully saturated rings. The molecule has 4 saturated carbocycles. The highest BCUT2D eigenvalue weighted by Crippen LogP contribution is 2.76. The van der Waals surface area contributed by atoms with Gasteiger partial charge >= 0.3 is 17.9 Å². The van der Waals surface area contributed by atoms with Crippen molar-refractivity contribution in [1.29, 1.82) is 0 Å². The second-order valence-corrected chi connectivity index (χ2v) is 43.4. The quantitative estimate of drug-likeness (QED) is 0.00937. The van der Waals surface area contributed by atoms with Crippen molar-refractivity contribution in [2.24, 2.45) is 50.2 Å². The summed E-state index contributed by atoms with van der Waals surface area (Å²) in [5.41, 5.74) is -9.07. The highest BCUT2D eigenvalue weighted by atomic mass is 16.8. The van der Waals surface area contributed by atoms with Crippen LogP contribution in [0.3, 0.4) is 0 Å². The summed E-state index contributed by atoms with van der Waals surface area (Å²) >= 11 is 0. The summed E-state index contributed by atoms with van der Waals surface area (Å²) < 4.78 is 110. The molecule has 0 aromatic carbocycles. The van der Waals surface area contributed by atoms with Crippen molar-refractivity contribution in [2.45, 2.75) is 423 Å². The van der Waals surface area contributed by atoms with Crippen molar-refractivity contribution in [3.05, 3.63) is 60.3 Å². The minimum atomic E-state index is -2.29. The Kier molecular flexibility index (Phi) is 36.5. The minimum Gasteiger partial charge on any atom is -0.458 e. The molecule has 13 rings (SSSR count). The molecule has 0 spiro atoms. The highest BCUT2D eigenvalue weighted by molar-refractivity contribution is 5.89. The van der Waals surface area contributed by atoms with E-state index >= 15 is 9.59 Å². The fourth-order valence-electron chi connectivity index (χ4n) is 24.3. The predicted molar refractivity (Wildman–Crippen MR) is 478 cm³/mol. The number of fused-ring (bicyclic) bond motifs is 7. The van der Waals surface area contributed by atoms with Gasteiger partial charge in [-0.3, -0.25) is 4.79 Å². The van der Waals surface area contributed by atoms with Crippen LogP contribution in [0.25, 0.3) is 0 Å². The van der Waals surface area contributed by atoms with Crippen LogP contribution >= 0.6 is 0 Å². The Bertz CT molecular complexity index is 4350. The number of esters is 3. The number of hydrogen-bond acceptors (Lipinski definition) is 46. The summed E-state index contributed by atoms with van der Waals surface area (Å²) in [6, 6.07) is 0. The van der Waals surface area contributed by atoms with Gasteiger partial charge in [-0.2, -0.15) is 0 Å². The third-order valence-corrected chi connectivity index (χ3v) is 33.6. The van der Waals surface area contributed by atoms with Crippen molar-refractivity contribution in [3.8, 4) is 0 Å². The monoisotopic (exact) mass is 2040 g/mol. The Morgan fingerprint density at radius 1 is 0.451 bits per heavy atom.